The molecule has 0 aromatic rings. The standard InChI is InChI=1S/C51H95N4O17P/c1-3-5-7-9-11-13-15-17-19-21-23-25-27-29-50(65)69-42-44(72-51(66)30-28-26-24-22-20-18-16-14-12-10-8-6-4-2)43-71-73(67,68)70-36-31-52-45(56)37-54(39-47(59)60)34-32-53(38-46(57)58)33-35-55(40-48(61)62)41-49(63)64/h44H,3-43H2,1-2H3,(H,52,56)(H,57,58)(H,59,60)(H,61,62)(H,63,64)(H,67,68)/t44-/m1/s1. The summed E-state index contributed by atoms with van der Waals surface area (Å²) >= 11 is 0. The first kappa shape index (κ1) is 69.3. The lowest BCUT2D eigenvalue weighted by Crippen LogP contribution is -2.46. The Bertz CT molecular complexity index is 1530. The minimum atomic E-state index is -4.80. The van der Waals surface area contributed by atoms with Crippen molar-refractivity contribution < 1.29 is 82.0 Å². The number of unbranched alkanes of at least 4 members (excludes halogenated alkanes) is 24. The number of nitrogens with one attached hydrogen (secondary N) is 1. The van der Waals surface area contributed by atoms with Crippen LogP contribution in [0.25, 0.3) is 0 Å². The van der Waals surface area contributed by atoms with Crippen LogP contribution in [0.5, 0.6) is 0 Å². The van der Waals surface area contributed by atoms with Crippen LogP contribution >= 0.6 is 7.82 Å². The lowest BCUT2D eigenvalue weighted by atomic mass is 10.0. The van der Waals surface area contributed by atoms with Gasteiger partial charge in [0.15, 0.2) is 6.10 Å². The Kier molecular flexibility index (Phi) is 44.4. The molecule has 0 radical (unpaired) electrons. The summed E-state index contributed by atoms with van der Waals surface area (Å²) in [4.78, 5) is 97.7. The number of nitrogens with zero attached hydrogens (tertiary/aromatic N) is 3. The van der Waals surface area contributed by atoms with E-state index in [9.17, 15) is 53.2 Å². The van der Waals surface area contributed by atoms with Crippen molar-refractivity contribution in [2.24, 2.45) is 0 Å². The third-order valence-corrected chi connectivity index (χ3v) is 13.1. The van der Waals surface area contributed by atoms with Gasteiger partial charge in [-0.05, 0) is 12.8 Å². The average molecular weight is 1070 g/mol. The van der Waals surface area contributed by atoms with Gasteiger partial charge in [0.25, 0.3) is 0 Å². The second-order valence-corrected chi connectivity index (χ2v) is 20.5. The SMILES string of the molecule is CCCCCCCCCCCCCCCC(=O)OC[C@H](COP(=O)(O)OCCNC(=O)CN(CCN(CCN(CC(=O)O)CC(=O)O)CC(=O)O)CC(=O)O)OC(=O)CCCCCCCCCCCCCCC. The average Bonchev–Trinajstić information content (AvgIpc) is 3.31. The highest BCUT2D eigenvalue weighted by atomic mass is 31.2. The number of ether oxygens (including phenoxy) is 2. The van der Waals surface area contributed by atoms with Gasteiger partial charge in [0.05, 0.1) is 45.9 Å². The predicted molar refractivity (Wildman–Crippen MR) is 276 cm³/mol. The normalized spacial score (nSPS) is 12.7. The summed E-state index contributed by atoms with van der Waals surface area (Å²) in [6, 6.07) is 0. The molecule has 2 atom stereocenters. The predicted octanol–water partition coefficient (Wildman–Crippen LogP) is 7.90. The number of carbonyl (C=O) groups excluding carboxylic acids is 3. The molecule has 426 valence electrons. The van der Waals surface area contributed by atoms with Crippen molar-refractivity contribution in [1.29, 1.82) is 0 Å². The second-order valence-electron chi connectivity index (χ2n) is 19.0. The molecular weight excluding hydrogens is 972 g/mol. The van der Waals surface area contributed by atoms with Crippen molar-refractivity contribution >= 4 is 49.5 Å². The molecule has 73 heavy (non-hydrogen) atoms. The Morgan fingerprint density at radius 1 is 0.452 bits per heavy atom. The zero-order valence-electron chi connectivity index (χ0n) is 44.5. The highest BCUT2D eigenvalue weighted by Gasteiger charge is 2.27. The van der Waals surface area contributed by atoms with E-state index in [1.807, 2.05) is 0 Å². The zero-order chi connectivity index (χ0) is 54.4. The van der Waals surface area contributed by atoms with Crippen LogP contribution in [0.3, 0.4) is 0 Å². The van der Waals surface area contributed by atoms with E-state index in [1.165, 1.54) is 119 Å². The van der Waals surface area contributed by atoms with Gasteiger partial charge < -0.3 is 40.1 Å². The number of esters is 2. The maximum atomic E-state index is 12.9. The number of rotatable bonds is 54. The molecule has 0 fully saturated rings. The van der Waals surface area contributed by atoms with E-state index in [0.29, 0.717) is 12.8 Å². The Morgan fingerprint density at radius 2 is 0.795 bits per heavy atom. The molecule has 0 aromatic heterocycles. The first-order valence-corrected chi connectivity index (χ1v) is 28.7. The van der Waals surface area contributed by atoms with Gasteiger partial charge >= 0.3 is 43.6 Å². The second kappa shape index (κ2) is 46.8. The lowest BCUT2D eigenvalue weighted by molar-refractivity contribution is -0.161. The third kappa shape index (κ3) is 47.7. The van der Waals surface area contributed by atoms with Crippen LogP contribution in [0.1, 0.15) is 194 Å². The molecule has 0 saturated carbocycles. The van der Waals surface area contributed by atoms with E-state index in [0.717, 1.165) is 49.8 Å². The van der Waals surface area contributed by atoms with Gasteiger partial charge in [-0.3, -0.25) is 57.3 Å². The number of hydrogen-bond donors (Lipinski definition) is 6. The van der Waals surface area contributed by atoms with Crippen molar-refractivity contribution in [3.05, 3.63) is 0 Å². The van der Waals surface area contributed by atoms with E-state index in [4.69, 9.17) is 28.7 Å². The minimum Gasteiger partial charge on any atom is -0.480 e. The van der Waals surface area contributed by atoms with Crippen LogP contribution in [0.4, 0.5) is 0 Å². The van der Waals surface area contributed by atoms with Crippen LogP contribution in [-0.2, 0) is 56.6 Å². The van der Waals surface area contributed by atoms with Crippen molar-refractivity contribution in [2.45, 2.75) is 200 Å². The first-order chi connectivity index (χ1) is 35.0. The molecule has 0 aliphatic heterocycles. The number of amides is 1. The van der Waals surface area contributed by atoms with E-state index in [2.05, 4.69) is 19.2 Å². The maximum absolute atomic E-state index is 12.9. The van der Waals surface area contributed by atoms with Gasteiger partial charge in [0.2, 0.25) is 5.91 Å². The largest absolute Gasteiger partial charge is 0.480 e. The fourth-order valence-electron chi connectivity index (χ4n) is 8.05. The van der Waals surface area contributed by atoms with Gasteiger partial charge in [0, 0.05) is 45.6 Å². The summed E-state index contributed by atoms with van der Waals surface area (Å²) in [7, 11) is -4.80. The van der Waals surface area contributed by atoms with E-state index < -0.39 is 108 Å². The number of carboxylic acids is 4. The van der Waals surface area contributed by atoms with E-state index in [1.54, 1.807) is 0 Å². The maximum Gasteiger partial charge on any atom is 0.472 e. The Hall–Kier alpha value is -3.72. The molecule has 21 nitrogen and oxygen atoms in total. The van der Waals surface area contributed by atoms with Crippen LogP contribution in [0.15, 0.2) is 0 Å². The number of phosphoric ester groups is 1. The Labute approximate surface area is 435 Å². The summed E-state index contributed by atoms with van der Waals surface area (Å²) in [5.74, 6) is -6.85. The number of phosphoric acid groups is 1. The van der Waals surface area contributed by atoms with Gasteiger partial charge in [-0.15, -0.1) is 0 Å². The highest BCUT2D eigenvalue weighted by Crippen LogP contribution is 2.43. The summed E-state index contributed by atoms with van der Waals surface area (Å²) in [5.41, 5.74) is 0. The van der Waals surface area contributed by atoms with Crippen LogP contribution in [0, 0.1) is 0 Å². The Morgan fingerprint density at radius 3 is 1.19 bits per heavy atom. The quantitative estimate of drug-likeness (QED) is 0.0192. The van der Waals surface area contributed by atoms with Gasteiger partial charge in [0.1, 0.15) is 6.61 Å². The van der Waals surface area contributed by atoms with Crippen LogP contribution in [-0.4, -0.2) is 173 Å². The number of hydrogen-bond acceptors (Lipinski definition) is 15. The van der Waals surface area contributed by atoms with E-state index in [-0.39, 0.29) is 45.6 Å². The van der Waals surface area contributed by atoms with Crippen molar-refractivity contribution in [3.63, 3.8) is 0 Å². The van der Waals surface area contributed by atoms with Crippen LogP contribution < -0.4 is 5.32 Å². The minimum absolute atomic E-state index is 0.0754. The molecule has 1 unspecified atom stereocenters. The highest BCUT2D eigenvalue weighted by molar-refractivity contribution is 7.47. The first-order valence-electron chi connectivity index (χ1n) is 27.2. The molecule has 0 aliphatic rings. The molecular formula is C51H95N4O17P. The topological polar surface area (TPSA) is 296 Å². The number of carboxylic acid groups (broad SMARTS) is 4. The monoisotopic (exact) mass is 1070 g/mol. The third-order valence-electron chi connectivity index (χ3n) is 12.1. The lowest BCUT2D eigenvalue weighted by Gasteiger charge is -2.27. The molecule has 0 aromatic carbocycles. The molecule has 0 heterocycles. The van der Waals surface area contributed by atoms with Gasteiger partial charge in [-0.1, -0.05) is 168 Å². The fourth-order valence-corrected chi connectivity index (χ4v) is 8.80. The fraction of sp³-hybridized carbons (Fsp3) is 0.863. The summed E-state index contributed by atoms with van der Waals surface area (Å²) in [6.07, 6.45) is 29.0. The molecule has 22 heteroatoms. The van der Waals surface area contributed by atoms with Crippen LogP contribution in [0.2, 0.25) is 0 Å². The summed E-state index contributed by atoms with van der Waals surface area (Å²) in [5, 5.41) is 39.4. The summed E-state index contributed by atoms with van der Waals surface area (Å²) < 4.78 is 33.9. The van der Waals surface area contributed by atoms with Gasteiger partial charge in [-0.2, -0.15) is 0 Å². The number of aliphatic carboxylic acids is 4. The van der Waals surface area contributed by atoms with E-state index >= 15 is 0 Å². The summed E-state index contributed by atoms with van der Waals surface area (Å²) in [6.45, 7) is -0.657. The van der Waals surface area contributed by atoms with Gasteiger partial charge in [-0.25, -0.2) is 4.57 Å². The molecule has 0 saturated heterocycles. The zero-order valence-corrected chi connectivity index (χ0v) is 45.4. The molecule has 0 spiro atoms. The molecule has 6 N–H and O–H groups in total. The molecule has 0 bridgehead atoms. The molecule has 0 rings (SSSR count). The molecule has 1 amide bonds. The number of carbonyl (C=O) groups is 7. The van der Waals surface area contributed by atoms with Crippen molar-refractivity contribution in [1.82, 2.24) is 20.0 Å². The smallest absolute Gasteiger partial charge is 0.472 e. The Balaban J connectivity index is 5.09. The van der Waals surface area contributed by atoms with Crippen molar-refractivity contribution in [3.8, 4) is 0 Å². The van der Waals surface area contributed by atoms with Crippen molar-refractivity contribution in [2.75, 3.05) is 85.3 Å². The molecule has 0 aliphatic carbocycles.